The SMILES string of the molecule is CC1=C(C(=O)Nc2ccccc2)C(c2ccc(F)cc2)n2c(s/c(=C\c3ccc(-c4ccc(C)cc4Br)o3)c2=O)=N1. The number of furan rings is 1. The van der Waals surface area contributed by atoms with Crippen molar-refractivity contribution in [3.05, 3.63) is 143 Å². The van der Waals surface area contributed by atoms with Crippen molar-refractivity contribution >= 4 is 44.9 Å². The number of fused-ring (bicyclic) bond motifs is 1. The number of nitrogens with zero attached hydrogens (tertiary/aromatic N) is 2. The molecule has 1 aliphatic rings. The lowest BCUT2D eigenvalue weighted by Crippen LogP contribution is -2.40. The smallest absolute Gasteiger partial charge is 0.271 e. The van der Waals surface area contributed by atoms with Crippen LogP contribution < -0.4 is 20.2 Å². The van der Waals surface area contributed by atoms with Gasteiger partial charge in [0.1, 0.15) is 17.3 Å². The maximum Gasteiger partial charge on any atom is 0.271 e. The number of amides is 1. The summed E-state index contributed by atoms with van der Waals surface area (Å²) in [6.07, 6.45) is 1.68. The van der Waals surface area contributed by atoms with Gasteiger partial charge in [0.25, 0.3) is 11.5 Å². The Morgan fingerprint density at radius 3 is 2.54 bits per heavy atom. The molecular weight excluding hydrogens is 605 g/mol. The van der Waals surface area contributed by atoms with Gasteiger partial charge in [-0.3, -0.25) is 14.2 Å². The summed E-state index contributed by atoms with van der Waals surface area (Å²) >= 11 is 4.80. The lowest BCUT2D eigenvalue weighted by Gasteiger charge is -2.25. The average Bonchev–Trinajstić information content (AvgIpc) is 3.53. The fourth-order valence-electron chi connectivity index (χ4n) is 4.82. The van der Waals surface area contributed by atoms with E-state index in [4.69, 9.17) is 4.42 Å². The molecule has 0 saturated heterocycles. The maximum absolute atomic E-state index is 13.9. The van der Waals surface area contributed by atoms with E-state index in [1.54, 1.807) is 43.3 Å². The second kappa shape index (κ2) is 10.9. The fourth-order valence-corrected chi connectivity index (χ4v) is 6.53. The van der Waals surface area contributed by atoms with Gasteiger partial charge in [0, 0.05) is 21.8 Å². The van der Waals surface area contributed by atoms with Crippen molar-refractivity contribution in [2.45, 2.75) is 19.9 Å². The van der Waals surface area contributed by atoms with Gasteiger partial charge in [-0.25, -0.2) is 9.38 Å². The molecule has 1 atom stereocenters. The maximum atomic E-state index is 13.9. The summed E-state index contributed by atoms with van der Waals surface area (Å²) in [7, 11) is 0. The second-order valence-electron chi connectivity index (χ2n) is 9.64. The average molecular weight is 629 g/mol. The second-order valence-corrected chi connectivity index (χ2v) is 11.5. The minimum atomic E-state index is -0.798. The molecule has 3 heterocycles. The topological polar surface area (TPSA) is 76.6 Å². The molecular formula is C32H23BrFN3O3S. The molecule has 0 saturated carbocycles. The minimum Gasteiger partial charge on any atom is -0.457 e. The largest absolute Gasteiger partial charge is 0.457 e. The van der Waals surface area contributed by atoms with E-state index >= 15 is 0 Å². The van der Waals surface area contributed by atoms with Gasteiger partial charge in [-0.15, -0.1) is 0 Å². The number of benzene rings is 3. The van der Waals surface area contributed by atoms with Crippen molar-refractivity contribution in [2.75, 3.05) is 5.32 Å². The molecule has 204 valence electrons. The minimum absolute atomic E-state index is 0.309. The van der Waals surface area contributed by atoms with E-state index in [1.807, 2.05) is 49.4 Å². The van der Waals surface area contributed by atoms with Crippen LogP contribution >= 0.6 is 27.3 Å². The number of allylic oxidation sites excluding steroid dienone is 1. The molecule has 0 fully saturated rings. The molecule has 0 radical (unpaired) electrons. The molecule has 1 unspecified atom stereocenters. The molecule has 1 aliphatic heterocycles. The molecule has 6 nitrogen and oxygen atoms in total. The molecule has 2 aromatic heterocycles. The van der Waals surface area contributed by atoms with E-state index in [2.05, 4.69) is 26.2 Å². The molecule has 1 N–H and O–H groups in total. The molecule has 1 amide bonds. The van der Waals surface area contributed by atoms with Crippen LogP contribution in [0.25, 0.3) is 17.4 Å². The highest BCUT2D eigenvalue weighted by Crippen LogP contribution is 2.32. The van der Waals surface area contributed by atoms with Crippen LogP contribution in [0.5, 0.6) is 0 Å². The monoisotopic (exact) mass is 627 g/mol. The fraction of sp³-hybridized carbons (Fsp3) is 0.0938. The van der Waals surface area contributed by atoms with Crippen molar-refractivity contribution in [2.24, 2.45) is 4.99 Å². The lowest BCUT2D eigenvalue weighted by atomic mass is 9.95. The molecule has 0 aliphatic carbocycles. The number of aryl methyl sites for hydroxylation is 1. The standard InChI is InChI=1S/C32H23BrFN3O3S/c1-18-8-14-24(25(33)16-18)26-15-13-23(40-26)17-27-31(39)37-29(20-9-11-21(34)12-10-20)28(19(2)35-32(37)41-27)30(38)36-22-6-4-3-5-7-22/h3-17,29H,1-2H3,(H,36,38)/b27-17-. The number of carbonyl (C=O) groups is 1. The first-order chi connectivity index (χ1) is 19.8. The van der Waals surface area contributed by atoms with Crippen molar-refractivity contribution in [1.82, 2.24) is 4.57 Å². The van der Waals surface area contributed by atoms with E-state index in [0.717, 1.165) is 15.6 Å². The summed E-state index contributed by atoms with van der Waals surface area (Å²) in [4.78, 5) is 32.6. The van der Waals surface area contributed by atoms with Gasteiger partial charge in [0.2, 0.25) is 0 Å². The number of para-hydroxylation sites is 1. The Kier molecular flexibility index (Phi) is 7.15. The first kappa shape index (κ1) is 26.9. The van der Waals surface area contributed by atoms with Crippen LogP contribution in [0.15, 0.2) is 115 Å². The number of hydrogen-bond donors (Lipinski definition) is 1. The number of aromatic nitrogens is 1. The Labute approximate surface area is 246 Å². The van der Waals surface area contributed by atoms with Gasteiger partial charge in [-0.1, -0.05) is 63.7 Å². The number of thiazole rings is 1. The van der Waals surface area contributed by atoms with Gasteiger partial charge < -0.3 is 9.73 Å². The summed E-state index contributed by atoms with van der Waals surface area (Å²) in [5.41, 5.74) is 3.69. The summed E-state index contributed by atoms with van der Waals surface area (Å²) in [5.74, 6) is 0.371. The summed E-state index contributed by atoms with van der Waals surface area (Å²) in [5, 5.41) is 2.91. The van der Waals surface area contributed by atoms with Gasteiger partial charge in [0.15, 0.2) is 4.80 Å². The molecule has 5 aromatic rings. The van der Waals surface area contributed by atoms with Gasteiger partial charge in [-0.2, -0.15) is 0 Å². The molecule has 0 bridgehead atoms. The highest BCUT2D eigenvalue weighted by Gasteiger charge is 2.32. The van der Waals surface area contributed by atoms with Gasteiger partial charge >= 0.3 is 0 Å². The zero-order valence-corrected chi connectivity index (χ0v) is 24.4. The quantitative estimate of drug-likeness (QED) is 0.247. The molecule has 9 heteroatoms. The lowest BCUT2D eigenvalue weighted by molar-refractivity contribution is -0.113. The molecule has 3 aromatic carbocycles. The number of carbonyl (C=O) groups excluding carboxylic acids is 1. The van der Waals surface area contributed by atoms with Crippen molar-refractivity contribution in [1.29, 1.82) is 0 Å². The van der Waals surface area contributed by atoms with Crippen LogP contribution in [0.2, 0.25) is 0 Å². The third-order valence-corrected chi connectivity index (χ3v) is 8.41. The van der Waals surface area contributed by atoms with E-state index in [-0.39, 0.29) is 11.5 Å². The Morgan fingerprint density at radius 2 is 1.80 bits per heavy atom. The van der Waals surface area contributed by atoms with Crippen LogP contribution in [0, 0.1) is 12.7 Å². The predicted octanol–water partition coefficient (Wildman–Crippen LogP) is 6.34. The van der Waals surface area contributed by atoms with E-state index in [9.17, 15) is 14.0 Å². The van der Waals surface area contributed by atoms with E-state index in [1.165, 1.54) is 28.0 Å². The van der Waals surface area contributed by atoms with Gasteiger partial charge in [-0.05, 0) is 73.5 Å². The first-order valence-corrected chi connectivity index (χ1v) is 14.4. The van der Waals surface area contributed by atoms with E-state index < -0.39 is 11.9 Å². The van der Waals surface area contributed by atoms with Crippen molar-refractivity contribution in [3.8, 4) is 11.3 Å². The molecule has 6 rings (SSSR count). The van der Waals surface area contributed by atoms with Crippen LogP contribution in [-0.2, 0) is 4.79 Å². The Bertz CT molecular complexity index is 2010. The normalized spacial score (nSPS) is 15.0. The summed E-state index contributed by atoms with van der Waals surface area (Å²) in [6.45, 7) is 3.76. The third-order valence-electron chi connectivity index (χ3n) is 6.77. The summed E-state index contributed by atoms with van der Waals surface area (Å²) < 4.78 is 22.8. The van der Waals surface area contributed by atoms with Crippen molar-refractivity contribution < 1.29 is 13.6 Å². The Balaban J connectivity index is 1.45. The van der Waals surface area contributed by atoms with Crippen LogP contribution in [0.3, 0.4) is 0 Å². The van der Waals surface area contributed by atoms with Crippen LogP contribution in [-0.4, -0.2) is 10.5 Å². The number of hydrogen-bond acceptors (Lipinski definition) is 5. The number of nitrogens with one attached hydrogen (secondary N) is 1. The summed E-state index contributed by atoms with van der Waals surface area (Å²) in [6, 6.07) is 23.7. The first-order valence-electron chi connectivity index (χ1n) is 12.8. The Morgan fingerprint density at radius 1 is 1.05 bits per heavy atom. The predicted molar refractivity (Wildman–Crippen MR) is 162 cm³/mol. The van der Waals surface area contributed by atoms with E-state index in [0.29, 0.717) is 43.4 Å². The molecule has 41 heavy (non-hydrogen) atoms. The third kappa shape index (κ3) is 5.26. The molecule has 0 spiro atoms. The highest BCUT2D eigenvalue weighted by atomic mass is 79.9. The number of rotatable bonds is 5. The number of halogens is 2. The van der Waals surface area contributed by atoms with Crippen LogP contribution in [0.1, 0.15) is 29.9 Å². The Hall–Kier alpha value is -4.34. The van der Waals surface area contributed by atoms with Crippen molar-refractivity contribution in [3.63, 3.8) is 0 Å². The zero-order chi connectivity index (χ0) is 28.7. The number of anilines is 1. The highest BCUT2D eigenvalue weighted by molar-refractivity contribution is 9.10. The van der Waals surface area contributed by atoms with Gasteiger partial charge in [0.05, 0.1) is 21.8 Å². The zero-order valence-electron chi connectivity index (χ0n) is 22.0. The van der Waals surface area contributed by atoms with Crippen LogP contribution in [0.4, 0.5) is 10.1 Å².